The molecule has 27 heavy (non-hydrogen) atoms. The topological polar surface area (TPSA) is 45.2 Å². The number of aromatic nitrogens is 1. The molecule has 4 nitrogen and oxygen atoms in total. The summed E-state index contributed by atoms with van der Waals surface area (Å²) in [7, 11) is 0. The lowest BCUT2D eigenvalue weighted by molar-refractivity contribution is 0.102. The highest BCUT2D eigenvalue weighted by molar-refractivity contribution is 6.08. The molecule has 0 fully saturated rings. The first-order valence-electron chi connectivity index (χ1n) is 9.33. The number of aryl methyl sites for hydroxylation is 2. The van der Waals surface area contributed by atoms with E-state index in [-0.39, 0.29) is 5.91 Å². The molecule has 0 aliphatic carbocycles. The minimum absolute atomic E-state index is 0.130. The highest BCUT2D eigenvalue weighted by Crippen LogP contribution is 2.34. The van der Waals surface area contributed by atoms with Gasteiger partial charge in [-0.05, 0) is 67.6 Å². The van der Waals surface area contributed by atoms with E-state index in [4.69, 9.17) is 0 Å². The van der Waals surface area contributed by atoms with Gasteiger partial charge in [0, 0.05) is 24.1 Å². The fraction of sp³-hybridized carbons (Fsp3) is 0.217. The molecule has 2 heterocycles. The Kier molecular flexibility index (Phi) is 4.63. The monoisotopic (exact) mass is 357 g/mol. The third kappa shape index (κ3) is 3.31. The maximum Gasteiger partial charge on any atom is 0.259 e. The van der Waals surface area contributed by atoms with Crippen molar-refractivity contribution in [1.82, 2.24) is 4.98 Å². The normalized spacial score (nSPS) is 13.2. The van der Waals surface area contributed by atoms with Crippen molar-refractivity contribution in [3.05, 3.63) is 83.0 Å². The Morgan fingerprint density at radius 1 is 1.04 bits per heavy atom. The molecular weight excluding hydrogens is 334 g/mol. The van der Waals surface area contributed by atoms with Gasteiger partial charge in [-0.15, -0.1) is 0 Å². The van der Waals surface area contributed by atoms with Crippen molar-refractivity contribution in [1.29, 1.82) is 0 Å². The fourth-order valence-electron chi connectivity index (χ4n) is 3.62. The maximum absolute atomic E-state index is 13.1. The number of para-hydroxylation sites is 1. The predicted molar refractivity (Wildman–Crippen MR) is 110 cm³/mol. The summed E-state index contributed by atoms with van der Waals surface area (Å²) < 4.78 is 0. The van der Waals surface area contributed by atoms with Crippen LogP contribution in [0.15, 0.2) is 60.8 Å². The van der Waals surface area contributed by atoms with Gasteiger partial charge in [-0.1, -0.05) is 30.3 Å². The Morgan fingerprint density at radius 3 is 2.78 bits per heavy atom. The summed E-state index contributed by atoms with van der Waals surface area (Å²) in [5.74, 6) is 0.585. The Labute approximate surface area is 159 Å². The van der Waals surface area contributed by atoms with Gasteiger partial charge in [0.15, 0.2) is 0 Å². The quantitative estimate of drug-likeness (QED) is 0.715. The molecule has 1 aliphatic rings. The number of rotatable bonds is 3. The molecular formula is C23H23N3O. The van der Waals surface area contributed by atoms with Crippen LogP contribution < -0.4 is 10.2 Å². The molecule has 2 aromatic carbocycles. The molecule has 0 bridgehead atoms. The second-order valence-electron chi connectivity index (χ2n) is 6.96. The van der Waals surface area contributed by atoms with Crippen molar-refractivity contribution in [2.24, 2.45) is 0 Å². The minimum Gasteiger partial charge on any atom is -0.325 e. The molecule has 4 heteroatoms. The van der Waals surface area contributed by atoms with Gasteiger partial charge in [0.2, 0.25) is 0 Å². The number of benzene rings is 2. The van der Waals surface area contributed by atoms with E-state index in [2.05, 4.69) is 33.4 Å². The van der Waals surface area contributed by atoms with E-state index in [1.54, 1.807) is 6.20 Å². The summed E-state index contributed by atoms with van der Waals surface area (Å²) in [6.07, 6.45) is 3.86. The maximum atomic E-state index is 13.1. The van der Waals surface area contributed by atoms with Crippen LogP contribution in [0.1, 0.15) is 33.5 Å². The number of amides is 1. The van der Waals surface area contributed by atoms with Crippen LogP contribution in [-0.4, -0.2) is 17.4 Å². The molecule has 1 amide bonds. The van der Waals surface area contributed by atoms with Crippen LogP contribution in [0.2, 0.25) is 0 Å². The molecule has 0 radical (unpaired) electrons. The number of pyridine rings is 1. The SMILES string of the molecule is Cc1cccc(NC(=O)c2cccnc2N2CCCc3ccccc32)c1C. The summed E-state index contributed by atoms with van der Waals surface area (Å²) in [6, 6.07) is 18.0. The summed E-state index contributed by atoms with van der Waals surface area (Å²) in [6.45, 7) is 4.93. The number of carbonyl (C=O) groups excluding carboxylic acids is 1. The van der Waals surface area contributed by atoms with Crippen LogP contribution in [0, 0.1) is 13.8 Å². The number of fused-ring (bicyclic) bond motifs is 1. The number of nitrogens with one attached hydrogen (secondary N) is 1. The molecule has 1 aromatic heterocycles. The van der Waals surface area contributed by atoms with Crippen molar-refractivity contribution >= 4 is 23.1 Å². The lowest BCUT2D eigenvalue weighted by Gasteiger charge is -2.31. The molecule has 1 N–H and O–H groups in total. The molecule has 4 rings (SSSR count). The lowest BCUT2D eigenvalue weighted by Crippen LogP contribution is -2.28. The van der Waals surface area contributed by atoms with Crippen LogP contribution in [0.4, 0.5) is 17.2 Å². The number of hydrogen-bond acceptors (Lipinski definition) is 3. The van der Waals surface area contributed by atoms with Crippen LogP contribution in [0.3, 0.4) is 0 Å². The minimum atomic E-state index is -0.130. The summed E-state index contributed by atoms with van der Waals surface area (Å²) >= 11 is 0. The lowest BCUT2D eigenvalue weighted by atomic mass is 10.0. The van der Waals surface area contributed by atoms with Crippen LogP contribution >= 0.6 is 0 Å². The van der Waals surface area contributed by atoms with Crippen LogP contribution in [0.25, 0.3) is 0 Å². The van der Waals surface area contributed by atoms with Gasteiger partial charge in [0.25, 0.3) is 5.91 Å². The molecule has 3 aromatic rings. The zero-order chi connectivity index (χ0) is 18.8. The standard InChI is InChI=1S/C23H23N3O/c1-16-8-5-12-20(17(16)2)25-23(27)19-11-6-14-24-22(19)26-15-7-10-18-9-3-4-13-21(18)26/h3-6,8-9,11-14H,7,10,15H2,1-2H3,(H,25,27). The second-order valence-corrected chi connectivity index (χ2v) is 6.96. The van der Waals surface area contributed by atoms with Gasteiger partial charge >= 0.3 is 0 Å². The molecule has 1 aliphatic heterocycles. The van der Waals surface area contributed by atoms with E-state index >= 15 is 0 Å². The second kappa shape index (κ2) is 7.23. The average molecular weight is 357 g/mol. The molecule has 0 atom stereocenters. The summed E-state index contributed by atoms with van der Waals surface area (Å²) in [5.41, 5.74) is 6.12. The van der Waals surface area contributed by atoms with Gasteiger partial charge < -0.3 is 10.2 Å². The smallest absolute Gasteiger partial charge is 0.259 e. The van der Waals surface area contributed by atoms with E-state index in [1.165, 1.54) is 5.56 Å². The largest absolute Gasteiger partial charge is 0.325 e. The van der Waals surface area contributed by atoms with Crippen molar-refractivity contribution in [3.63, 3.8) is 0 Å². The van der Waals surface area contributed by atoms with Gasteiger partial charge in [-0.2, -0.15) is 0 Å². The van der Waals surface area contributed by atoms with E-state index in [1.807, 2.05) is 50.2 Å². The number of anilines is 3. The van der Waals surface area contributed by atoms with Gasteiger partial charge in [0.05, 0.1) is 5.56 Å². The third-order valence-corrected chi connectivity index (χ3v) is 5.25. The average Bonchev–Trinajstić information content (AvgIpc) is 2.71. The zero-order valence-electron chi connectivity index (χ0n) is 15.7. The fourth-order valence-corrected chi connectivity index (χ4v) is 3.62. The first-order chi connectivity index (χ1) is 13.1. The van der Waals surface area contributed by atoms with E-state index in [9.17, 15) is 4.79 Å². The van der Waals surface area contributed by atoms with Crippen LogP contribution in [-0.2, 0) is 6.42 Å². The van der Waals surface area contributed by atoms with Gasteiger partial charge in [-0.25, -0.2) is 4.98 Å². The summed E-state index contributed by atoms with van der Waals surface area (Å²) in [4.78, 5) is 19.8. The summed E-state index contributed by atoms with van der Waals surface area (Å²) in [5, 5.41) is 3.07. The highest BCUT2D eigenvalue weighted by atomic mass is 16.1. The zero-order valence-corrected chi connectivity index (χ0v) is 15.7. The van der Waals surface area contributed by atoms with Crippen LogP contribution in [0.5, 0.6) is 0 Å². The Morgan fingerprint density at radius 2 is 1.89 bits per heavy atom. The van der Waals surface area contributed by atoms with E-state index in [0.717, 1.165) is 41.9 Å². The highest BCUT2D eigenvalue weighted by Gasteiger charge is 2.23. The van der Waals surface area contributed by atoms with Crippen molar-refractivity contribution in [3.8, 4) is 0 Å². The third-order valence-electron chi connectivity index (χ3n) is 5.25. The Bertz CT molecular complexity index is 996. The number of nitrogens with zero attached hydrogens (tertiary/aromatic N) is 2. The van der Waals surface area contributed by atoms with Crippen molar-refractivity contribution in [2.45, 2.75) is 26.7 Å². The predicted octanol–water partition coefficient (Wildman–Crippen LogP) is 5.04. The molecule has 0 saturated heterocycles. The number of carbonyl (C=O) groups is 1. The molecule has 0 spiro atoms. The van der Waals surface area contributed by atoms with Crippen molar-refractivity contribution in [2.75, 3.05) is 16.8 Å². The van der Waals surface area contributed by atoms with Crippen molar-refractivity contribution < 1.29 is 4.79 Å². The van der Waals surface area contributed by atoms with E-state index < -0.39 is 0 Å². The van der Waals surface area contributed by atoms with Gasteiger partial charge in [-0.3, -0.25) is 4.79 Å². The molecule has 0 unspecified atom stereocenters. The van der Waals surface area contributed by atoms with E-state index in [0.29, 0.717) is 11.4 Å². The Balaban J connectivity index is 1.70. The first kappa shape index (κ1) is 17.3. The molecule has 136 valence electrons. The van der Waals surface area contributed by atoms with Gasteiger partial charge in [0.1, 0.15) is 5.82 Å². The molecule has 0 saturated carbocycles. The Hall–Kier alpha value is -3.14. The first-order valence-corrected chi connectivity index (χ1v) is 9.33. The number of hydrogen-bond donors (Lipinski definition) is 1.